The van der Waals surface area contributed by atoms with E-state index >= 15 is 0 Å². The Hall–Kier alpha value is -4.14. The van der Waals surface area contributed by atoms with E-state index in [4.69, 9.17) is 47.4 Å². The molecule has 0 amide bonds. The summed E-state index contributed by atoms with van der Waals surface area (Å²) in [6.45, 7) is 10.7. The van der Waals surface area contributed by atoms with Gasteiger partial charge in [0.25, 0.3) is 0 Å². The largest absolute Gasteiger partial charge is 0.463 e. The summed E-state index contributed by atoms with van der Waals surface area (Å²) in [4.78, 5) is 85.1. The molecule has 0 aromatic heterocycles. The van der Waals surface area contributed by atoms with Gasteiger partial charge in [0, 0.05) is 48.5 Å². The molecule has 0 aromatic carbocycles. The fraction of sp³-hybridized carbons (Fsp3) is 0.700. The lowest BCUT2D eigenvalue weighted by molar-refractivity contribution is -0.341. The molecule has 0 saturated carbocycles. The molecule has 0 spiro atoms. The van der Waals surface area contributed by atoms with Gasteiger partial charge in [0.15, 0.2) is 52.1 Å². The Morgan fingerprint density at radius 2 is 0.900 bits per heavy atom. The first-order chi connectivity index (χ1) is 23.1. The third kappa shape index (κ3) is 12.3. The molecular weight excluding hydrogens is 696 g/mol. The second kappa shape index (κ2) is 18.2. The predicted molar refractivity (Wildman–Crippen MR) is 162 cm³/mol. The minimum Gasteiger partial charge on any atom is -0.463 e. The van der Waals surface area contributed by atoms with Crippen LogP contribution in [0.25, 0.3) is 0 Å². The molecule has 2 saturated heterocycles. The molecule has 19 nitrogen and oxygen atoms in total. The van der Waals surface area contributed by atoms with Crippen LogP contribution in [0.2, 0.25) is 0 Å². The SMILES string of the molecule is C=C(C)CS(=O)(=O)C1O[C@H](COC(C)=O)[C@@H](O[C@@H]2O[C@H](COC(C)=O)[C@H](OC(C)=O)[C@H](OC(C)=O)[C@H]2OC(C)=O)[C@H](OC(C)=O)[C@H]1OC(C)=O. The molecule has 50 heavy (non-hydrogen) atoms. The highest BCUT2D eigenvalue weighted by Crippen LogP contribution is 2.36. The Morgan fingerprint density at radius 3 is 1.32 bits per heavy atom. The van der Waals surface area contributed by atoms with E-state index in [0.717, 1.165) is 48.5 Å². The van der Waals surface area contributed by atoms with Gasteiger partial charge in [-0.3, -0.25) is 33.6 Å². The van der Waals surface area contributed by atoms with E-state index in [1.165, 1.54) is 6.92 Å². The molecule has 2 heterocycles. The van der Waals surface area contributed by atoms with E-state index in [1.807, 2.05) is 0 Å². The summed E-state index contributed by atoms with van der Waals surface area (Å²) in [5.41, 5.74) is -1.85. The van der Waals surface area contributed by atoms with Crippen LogP contribution in [-0.4, -0.2) is 130 Å². The number of carbonyl (C=O) groups is 7. The summed E-state index contributed by atoms with van der Waals surface area (Å²) in [7, 11) is -4.41. The smallest absolute Gasteiger partial charge is 0.303 e. The molecule has 282 valence electrons. The molecule has 0 N–H and O–H groups in total. The van der Waals surface area contributed by atoms with Crippen LogP contribution in [-0.2, 0) is 90.8 Å². The molecular formula is C30H42O19S. The van der Waals surface area contributed by atoms with Crippen LogP contribution >= 0.6 is 0 Å². The number of rotatable bonds is 14. The summed E-state index contributed by atoms with van der Waals surface area (Å²) in [6.07, 6.45) is -15.5. The topological polar surface area (TPSA) is 246 Å². The molecule has 2 aliphatic heterocycles. The number of hydrogen-bond acceptors (Lipinski definition) is 19. The Bertz CT molecular complexity index is 1420. The van der Waals surface area contributed by atoms with Gasteiger partial charge in [-0.15, -0.1) is 0 Å². The van der Waals surface area contributed by atoms with Gasteiger partial charge in [-0.2, -0.15) is 0 Å². The zero-order chi connectivity index (χ0) is 38.1. The molecule has 0 bridgehead atoms. The average Bonchev–Trinajstić information content (AvgIpc) is 2.94. The van der Waals surface area contributed by atoms with Gasteiger partial charge in [0.1, 0.15) is 31.5 Å². The summed E-state index contributed by atoms with van der Waals surface area (Å²) in [6, 6.07) is 0. The third-order valence-corrected chi connectivity index (χ3v) is 8.67. The number of hydrogen-bond donors (Lipinski definition) is 0. The van der Waals surface area contributed by atoms with Crippen molar-refractivity contribution in [3.05, 3.63) is 12.2 Å². The lowest BCUT2D eigenvalue weighted by Gasteiger charge is -2.48. The first-order valence-corrected chi connectivity index (χ1v) is 16.8. The fourth-order valence-electron chi connectivity index (χ4n) is 5.19. The summed E-state index contributed by atoms with van der Waals surface area (Å²) < 4.78 is 82.3. The second-order valence-corrected chi connectivity index (χ2v) is 13.5. The van der Waals surface area contributed by atoms with Crippen LogP contribution in [0, 0.1) is 0 Å². The van der Waals surface area contributed by atoms with E-state index < -0.39 is 131 Å². The minimum atomic E-state index is -4.41. The molecule has 10 atom stereocenters. The monoisotopic (exact) mass is 738 g/mol. The van der Waals surface area contributed by atoms with Gasteiger partial charge in [0.05, 0.1) is 5.75 Å². The number of carbonyl (C=O) groups excluding carboxylic acids is 7. The first kappa shape index (κ1) is 42.0. The van der Waals surface area contributed by atoms with E-state index in [1.54, 1.807) is 0 Å². The number of esters is 7. The minimum absolute atomic E-state index is 0.173. The lowest BCUT2D eigenvalue weighted by atomic mass is 9.96. The Balaban J connectivity index is 2.82. The van der Waals surface area contributed by atoms with Crippen molar-refractivity contribution in [2.45, 2.75) is 116 Å². The quantitative estimate of drug-likeness (QED) is 0.125. The van der Waals surface area contributed by atoms with Gasteiger partial charge in [0.2, 0.25) is 0 Å². The molecule has 0 aliphatic carbocycles. The molecule has 2 aliphatic rings. The zero-order valence-electron chi connectivity index (χ0n) is 28.8. The molecule has 1 unspecified atom stereocenters. The van der Waals surface area contributed by atoms with Crippen LogP contribution in [0.3, 0.4) is 0 Å². The highest BCUT2D eigenvalue weighted by atomic mass is 32.2. The maximum Gasteiger partial charge on any atom is 0.303 e. The van der Waals surface area contributed by atoms with Crippen molar-refractivity contribution >= 4 is 51.6 Å². The maximum atomic E-state index is 13.5. The van der Waals surface area contributed by atoms with Gasteiger partial charge in [-0.25, -0.2) is 8.42 Å². The van der Waals surface area contributed by atoms with Crippen molar-refractivity contribution in [1.82, 2.24) is 0 Å². The fourth-order valence-corrected chi connectivity index (χ4v) is 6.97. The highest BCUT2D eigenvalue weighted by molar-refractivity contribution is 7.92. The van der Waals surface area contributed by atoms with Gasteiger partial charge in [-0.1, -0.05) is 12.2 Å². The van der Waals surface area contributed by atoms with Crippen molar-refractivity contribution in [3.63, 3.8) is 0 Å². The van der Waals surface area contributed by atoms with Crippen molar-refractivity contribution < 1.29 is 89.3 Å². The normalized spacial score (nSPS) is 29.4. The van der Waals surface area contributed by atoms with Crippen LogP contribution in [0.15, 0.2) is 12.2 Å². The summed E-state index contributed by atoms with van der Waals surface area (Å²) in [5.74, 6) is -7.12. The van der Waals surface area contributed by atoms with Gasteiger partial charge < -0.3 is 47.4 Å². The Kier molecular flexibility index (Phi) is 15.3. The zero-order valence-corrected chi connectivity index (χ0v) is 29.6. The average molecular weight is 739 g/mol. The molecule has 2 rings (SSSR count). The lowest BCUT2D eigenvalue weighted by Crippen LogP contribution is -2.67. The highest BCUT2D eigenvalue weighted by Gasteiger charge is 2.59. The molecule has 0 radical (unpaired) electrons. The number of sulfone groups is 1. The van der Waals surface area contributed by atoms with Crippen molar-refractivity contribution in [1.29, 1.82) is 0 Å². The third-order valence-electron chi connectivity index (χ3n) is 6.69. The van der Waals surface area contributed by atoms with Crippen LogP contribution < -0.4 is 0 Å². The number of ether oxygens (including phenoxy) is 10. The van der Waals surface area contributed by atoms with E-state index in [2.05, 4.69) is 6.58 Å². The molecule has 20 heteroatoms. The standard InChI is InChI=1S/C30H42O19S/c1-13(2)12-50(38,39)30-28(46-20(9)37)26(44-18(7)35)24(22(48-30)11-41-15(4)32)49-29-27(45-19(8)36)25(43-17(6)34)23(42-16(5)33)21(47-29)10-40-14(3)31/h21-30H,1,10-12H2,2-9H3/t21-,22-,23+,24-,25+,26+,27-,28-,29+,30?/m1/s1. The van der Waals surface area contributed by atoms with Gasteiger partial charge in [-0.05, 0) is 6.92 Å². The second-order valence-electron chi connectivity index (χ2n) is 11.4. The van der Waals surface area contributed by atoms with Crippen molar-refractivity contribution in [2.24, 2.45) is 0 Å². The summed E-state index contributed by atoms with van der Waals surface area (Å²) >= 11 is 0. The van der Waals surface area contributed by atoms with E-state index in [0.29, 0.717) is 0 Å². The first-order valence-electron chi connectivity index (χ1n) is 15.1. The van der Waals surface area contributed by atoms with E-state index in [9.17, 15) is 42.0 Å². The van der Waals surface area contributed by atoms with E-state index in [-0.39, 0.29) is 5.57 Å². The molecule has 2 fully saturated rings. The predicted octanol–water partition coefficient (Wildman–Crippen LogP) is -0.403. The Morgan fingerprint density at radius 1 is 0.520 bits per heavy atom. The van der Waals surface area contributed by atoms with Crippen molar-refractivity contribution in [3.8, 4) is 0 Å². The van der Waals surface area contributed by atoms with Crippen LogP contribution in [0.4, 0.5) is 0 Å². The summed E-state index contributed by atoms with van der Waals surface area (Å²) in [5, 5.41) is 0. The Labute approximate surface area is 288 Å². The van der Waals surface area contributed by atoms with Crippen molar-refractivity contribution in [2.75, 3.05) is 19.0 Å². The van der Waals surface area contributed by atoms with Crippen LogP contribution in [0.5, 0.6) is 0 Å². The van der Waals surface area contributed by atoms with Gasteiger partial charge >= 0.3 is 41.8 Å². The molecule has 0 aromatic rings. The maximum absolute atomic E-state index is 13.5. The van der Waals surface area contributed by atoms with Crippen LogP contribution in [0.1, 0.15) is 55.4 Å².